The summed E-state index contributed by atoms with van der Waals surface area (Å²) in [5.74, 6) is 3.72. The Labute approximate surface area is 142 Å². The number of terminal acetylenes is 1. The van der Waals surface area contributed by atoms with Gasteiger partial charge in [0.2, 0.25) is 0 Å². The van der Waals surface area contributed by atoms with E-state index in [9.17, 15) is 0 Å². The van der Waals surface area contributed by atoms with E-state index in [1.807, 2.05) is 42.5 Å². The number of rotatable bonds is 8. The van der Waals surface area contributed by atoms with Crippen LogP contribution in [0.5, 0.6) is 11.5 Å². The van der Waals surface area contributed by atoms with Crippen LogP contribution in [-0.2, 0) is 6.42 Å². The molecule has 2 aromatic carbocycles. The van der Waals surface area contributed by atoms with Gasteiger partial charge < -0.3 is 9.47 Å². The standard InChI is InChI=1S/C20H20N2O2/c1-4-9-17-13-16(14-19(23-3)20(17)24-12-5-2)15-21-22-18-10-7-6-8-11-18/h2,4,6-8,10-11,13-15,22H,1,9,12H2,3H3. The molecule has 4 nitrogen and oxygen atoms in total. The molecule has 122 valence electrons. The predicted molar refractivity (Wildman–Crippen MR) is 98.9 cm³/mol. The SMILES string of the molecule is C#CCOc1c(CC=C)cc(C=NNc2ccccc2)cc1OC. The predicted octanol–water partition coefficient (Wildman–Crippen LogP) is 3.88. The molecule has 0 heterocycles. The molecule has 0 aliphatic rings. The maximum absolute atomic E-state index is 5.62. The summed E-state index contributed by atoms with van der Waals surface area (Å²) < 4.78 is 11.0. The topological polar surface area (TPSA) is 42.8 Å². The first-order valence-corrected chi connectivity index (χ1v) is 7.50. The molecule has 0 aromatic heterocycles. The zero-order chi connectivity index (χ0) is 17.2. The number of benzene rings is 2. The van der Waals surface area contributed by atoms with E-state index in [1.54, 1.807) is 19.4 Å². The molecule has 1 N–H and O–H groups in total. The second-order valence-corrected chi connectivity index (χ2v) is 4.93. The Morgan fingerprint density at radius 2 is 2.08 bits per heavy atom. The van der Waals surface area contributed by atoms with Crippen LogP contribution in [0.3, 0.4) is 0 Å². The van der Waals surface area contributed by atoms with Gasteiger partial charge in [0.05, 0.1) is 19.0 Å². The highest BCUT2D eigenvalue weighted by atomic mass is 16.5. The van der Waals surface area contributed by atoms with Crippen molar-refractivity contribution in [1.29, 1.82) is 0 Å². The van der Waals surface area contributed by atoms with Crippen LogP contribution in [0.25, 0.3) is 0 Å². The van der Waals surface area contributed by atoms with E-state index >= 15 is 0 Å². The van der Waals surface area contributed by atoms with Gasteiger partial charge >= 0.3 is 0 Å². The van der Waals surface area contributed by atoms with Gasteiger partial charge in [0, 0.05) is 5.56 Å². The highest BCUT2D eigenvalue weighted by molar-refractivity contribution is 5.82. The smallest absolute Gasteiger partial charge is 0.166 e. The van der Waals surface area contributed by atoms with Crippen LogP contribution in [0, 0.1) is 12.3 Å². The third-order valence-electron chi connectivity index (χ3n) is 3.22. The highest BCUT2D eigenvalue weighted by Gasteiger charge is 2.11. The van der Waals surface area contributed by atoms with Crippen molar-refractivity contribution in [3.05, 3.63) is 66.2 Å². The monoisotopic (exact) mass is 320 g/mol. The van der Waals surface area contributed by atoms with Crippen molar-refractivity contribution in [3.63, 3.8) is 0 Å². The third kappa shape index (κ3) is 4.65. The first-order valence-electron chi connectivity index (χ1n) is 7.50. The molecule has 0 atom stereocenters. The molecule has 24 heavy (non-hydrogen) atoms. The van der Waals surface area contributed by atoms with Crippen LogP contribution in [0.4, 0.5) is 5.69 Å². The van der Waals surface area contributed by atoms with Gasteiger partial charge in [-0.15, -0.1) is 13.0 Å². The van der Waals surface area contributed by atoms with Crippen molar-refractivity contribution in [2.45, 2.75) is 6.42 Å². The average molecular weight is 320 g/mol. The summed E-state index contributed by atoms with van der Waals surface area (Å²) in [4.78, 5) is 0. The van der Waals surface area contributed by atoms with E-state index in [1.165, 1.54) is 0 Å². The third-order valence-corrected chi connectivity index (χ3v) is 3.22. The van der Waals surface area contributed by atoms with Gasteiger partial charge in [-0.1, -0.05) is 30.2 Å². The Kier molecular flexibility index (Phi) is 6.48. The number of allylic oxidation sites excluding steroid dienone is 1. The van der Waals surface area contributed by atoms with E-state index in [0.717, 1.165) is 16.8 Å². The van der Waals surface area contributed by atoms with E-state index in [-0.39, 0.29) is 6.61 Å². The Hall–Kier alpha value is -3.19. The van der Waals surface area contributed by atoms with E-state index < -0.39 is 0 Å². The van der Waals surface area contributed by atoms with Crippen LogP contribution in [0.2, 0.25) is 0 Å². The lowest BCUT2D eigenvalue weighted by Gasteiger charge is -2.14. The molecule has 0 bridgehead atoms. The molecular formula is C20H20N2O2. The van der Waals surface area contributed by atoms with Crippen molar-refractivity contribution in [2.24, 2.45) is 5.10 Å². The summed E-state index contributed by atoms with van der Waals surface area (Å²) in [6.45, 7) is 3.97. The maximum atomic E-state index is 5.62. The second kappa shape index (κ2) is 9.06. The zero-order valence-electron chi connectivity index (χ0n) is 13.7. The van der Waals surface area contributed by atoms with Gasteiger partial charge in [0.15, 0.2) is 11.5 Å². The maximum Gasteiger partial charge on any atom is 0.166 e. The molecule has 2 rings (SSSR count). The first kappa shape index (κ1) is 17.2. The van der Waals surface area contributed by atoms with E-state index in [2.05, 4.69) is 23.0 Å². The molecule has 4 heteroatoms. The van der Waals surface area contributed by atoms with Gasteiger partial charge in [-0.2, -0.15) is 5.10 Å². The zero-order valence-corrected chi connectivity index (χ0v) is 13.7. The van der Waals surface area contributed by atoms with Crippen molar-refractivity contribution in [3.8, 4) is 23.8 Å². The molecule has 0 fully saturated rings. The molecule has 0 aliphatic heterocycles. The molecule has 0 saturated heterocycles. The highest BCUT2D eigenvalue weighted by Crippen LogP contribution is 2.33. The van der Waals surface area contributed by atoms with Crippen LogP contribution in [0.15, 0.2) is 60.2 Å². The molecule has 0 spiro atoms. The molecular weight excluding hydrogens is 300 g/mol. The lowest BCUT2D eigenvalue weighted by molar-refractivity contribution is 0.328. The summed E-state index contributed by atoms with van der Waals surface area (Å²) in [6.07, 6.45) is 9.46. The second-order valence-electron chi connectivity index (χ2n) is 4.93. The number of hydrogen-bond acceptors (Lipinski definition) is 4. The lowest BCUT2D eigenvalue weighted by atomic mass is 10.1. The summed E-state index contributed by atoms with van der Waals surface area (Å²) >= 11 is 0. The minimum atomic E-state index is 0.184. The fourth-order valence-corrected chi connectivity index (χ4v) is 2.19. The van der Waals surface area contributed by atoms with Gasteiger partial charge in [0.25, 0.3) is 0 Å². The number of methoxy groups -OCH3 is 1. The Morgan fingerprint density at radius 1 is 1.29 bits per heavy atom. The first-order chi connectivity index (χ1) is 11.8. The largest absolute Gasteiger partial charge is 0.493 e. The van der Waals surface area contributed by atoms with Crippen LogP contribution < -0.4 is 14.9 Å². The van der Waals surface area contributed by atoms with E-state index in [4.69, 9.17) is 15.9 Å². The van der Waals surface area contributed by atoms with Gasteiger partial charge in [-0.3, -0.25) is 5.43 Å². The molecule has 0 radical (unpaired) electrons. The van der Waals surface area contributed by atoms with Crippen molar-refractivity contribution in [2.75, 3.05) is 19.1 Å². The van der Waals surface area contributed by atoms with Gasteiger partial charge in [-0.05, 0) is 36.2 Å². The van der Waals surface area contributed by atoms with Gasteiger partial charge in [-0.25, -0.2) is 0 Å². The normalized spacial score (nSPS) is 10.2. The fourth-order valence-electron chi connectivity index (χ4n) is 2.19. The number of nitrogens with one attached hydrogen (secondary N) is 1. The summed E-state index contributed by atoms with van der Waals surface area (Å²) in [7, 11) is 1.60. The number of nitrogens with zero attached hydrogens (tertiary/aromatic N) is 1. The van der Waals surface area contributed by atoms with Crippen molar-refractivity contribution < 1.29 is 9.47 Å². The minimum Gasteiger partial charge on any atom is -0.493 e. The minimum absolute atomic E-state index is 0.184. The number of ether oxygens (including phenoxy) is 2. The number of para-hydroxylation sites is 1. The molecule has 0 saturated carbocycles. The van der Waals surface area contributed by atoms with Crippen molar-refractivity contribution >= 4 is 11.9 Å². The fraction of sp³-hybridized carbons (Fsp3) is 0.150. The van der Waals surface area contributed by atoms with Crippen LogP contribution in [0.1, 0.15) is 11.1 Å². The quantitative estimate of drug-likeness (QED) is 0.347. The lowest BCUT2D eigenvalue weighted by Crippen LogP contribution is -2.02. The summed E-state index contributed by atoms with van der Waals surface area (Å²) in [5, 5.41) is 4.25. The Bertz CT molecular complexity index is 746. The van der Waals surface area contributed by atoms with Crippen LogP contribution in [-0.4, -0.2) is 19.9 Å². The molecule has 2 aromatic rings. The summed E-state index contributed by atoms with van der Waals surface area (Å²) in [6, 6.07) is 13.6. The molecule has 0 amide bonds. The summed E-state index contributed by atoms with van der Waals surface area (Å²) in [5.41, 5.74) is 5.73. The number of hydrazone groups is 1. The Morgan fingerprint density at radius 3 is 2.75 bits per heavy atom. The Balaban J connectivity index is 2.25. The van der Waals surface area contributed by atoms with E-state index in [0.29, 0.717) is 17.9 Å². The molecule has 0 aliphatic carbocycles. The average Bonchev–Trinajstić information content (AvgIpc) is 2.61. The number of anilines is 1. The van der Waals surface area contributed by atoms with Crippen LogP contribution >= 0.6 is 0 Å². The van der Waals surface area contributed by atoms with Crippen molar-refractivity contribution in [1.82, 2.24) is 0 Å². The van der Waals surface area contributed by atoms with Gasteiger partial charge in [0.1, 0.15) is 6.61 Å². The molecule has 0 unspecified atom stereocenters. The number of hydrogen-bond donors (Lipinski definition) is 1.